The van der Waals surface area contributed by atoms with E-state index in [4.69, 9.17) is 0 Å². The first-order chi connectivity index (χ1) is 12.4. The molecule has 4 nitrogen and oxygen atoms in total. The summed E-state index contributed by atoms with van der Waals surface area (Å²) in [6.07, 6.45) is 0.618. The molecule has 2 amide bonds. The second-order valence-electron chi connectivity index (χ2n) is 6.95. The van der Waals surface area contributed by atoms with Crippen molar-refractivity contribution in [2.24, 2.45) is 5.92 Å². The molecule has 1 heterocycles. The Labute approximate surface area is 153 Å². The highest BCUT2D eigenvalue weighted by atomic mass is 19.1. The molecule has 0 radical (unpaired) electrons. The Balaban J connectivity index is 1.59. The average Bonchev–Trinajstić information content (AvgIpc) is 2.99. The summed E-state index contributed by atoms with van der Waals surface area (Å²) in [6, 6.07) is 14.0. The van der Waals surface area contributed by atoms with Gasteiger partial charge in [-0.25, -0.2) is 4.39 Å². The van der Waals surface area contributed by atoms with Crippen LogP contribution in [0.2, 0.25) is 0 Å². The van der Waals surface area contributed by atoms with E-state index in [2.05, 4.69) is 5.32 Å². The fourth-order valence-corrected chi connectivity index (χ4v) is 3.26. The molecule has 5 heteroatoms. The van der Waals surface area contributed by atoms with E-state index in [0.29, 0.717) is 18.5 Å². The van der Waals surface area contributed by atoms with Crippen molar-refractivity contribution in [3.63, 3.8) is 0 Å². The smallest absolute Gasteiger partial charge is 0.227 e. The highest BCUT2D eigenvalue weighted by molar-refractivity contribution is 6.00. The lowest BCUT2D eigenvalue weighted by Crippen LogP contribution is -2.39. The van der Waals surface area contributed by atoms with Crippen molar-refractivity contribution in [3.8, 4) is 0 Å². The molecule has 1 saturated heterocycles. The number of hydrogen-bond acceptors (Lipinski definition) is 2. The quantitative estimate of drug-likeness (QED) is 0.896. The highest BCUT2D eigenvalue weighted by Crippen LogP contribution is 2.25. The van der Waals surface area contributed by atoms with Crippen molar-refractivity contribution in [1.82, 2.24) is 5.32 Å². The molecule has 2 atom stereocenters. The van der Waals surface area contributed by atoms with E-state index in [1.807, 2.05) is 38.1 Å². The monoisotopic (exact) mass is 354 g/mol. The van der Waals surface area contributed by atoms with Crippen LogP contribution in [-0.2, 0) is 16.0 Å². The van der Waals surface area contributed by atoms with Crippen molar-refractivity contribution in [2.45, 2.75) is 32.7 Å². The van der Waals surface area contributed by atoms with Gasteiger partial charge in [0.05, 0.1) is 5.92 Å². The lowest BCUT2D eigenvalue weighted by molar-refractivity contribution is -0.126. The van der Waals surface area contributed by atoms with Crippen molar-refractivity contribution in [3.05, 3.63) is 65.5 Å². The van der Waals surface area contributed by atoms with Crippen LogP contribution in [0.5, 0.6) is 0 Å². The molecule has 2 aromatic carbocycles. The number of nitrogens with one attached hydrogen (secondary N) is 1. The number of halogens is 1. The lowest BCUT2D eigenvalue weighted by atomic mass is 10.0. The fourth-order valence-electron chi connectivity index (χ4n) is 3.26. The number of carbonyl (C=O) groups excluding carboxylic acids is 2. The summed E-state index contributed by atoms with van der Waals surface area (Å²) in [5.41, 5.74) is 2.51. The van der Waals surface area contributed by atoms with Gasteiger partial charge in [-0.3, -0.25) is 9.59 Å². The fraction of sp³-hybridized carbons (Fsp3) is 0.333. The number of hydrogen-bond donors (Lipinski definition) is 1. The largest absolute Gasteiger partial charge is 0.353 e. The van der Waals surface area contributed by atoms with Crippen LogP contribution >= 0.6 is 0 Å². The molecule has 1 fully saturated rings. The van der Waals surface area contributed by atoms with Gasteiger partial charge in [-0.1, -0.05) is 35.9 Å². The first-order valence-corrected chi connectivity index (χ1v) is 8.85. The maximum absolute atomic E-state index is 13.7. The minimum absolute atomic E-state index is 0.0456. The van der Waals surface area contributed by atoms with Gasteiger partial charge >= 0.3 is 0 Å². The Hall–Kier alpha value is -2.69. The molecule has 1 aliphatic heterocycles. The number of aryl methyl sites for hydroxylation is 1. The molecule has 2 aromatic rings. The topological polar surface area (TPSA) is 49.4 Å². The maximum Gasteiger partial charge on any atom is 0.227 e. The Morgan fingerprint density at radius 3 is 2.62 bits per heavy atom. The molecule has 3 rings (SSSR count). The number of nitrogens with zero attached hydrogens (tertiary/aromatic N) is 1. The van der Waals surface area contributed by atoms with Crippen molar-refractivity contribution >= 4 is 17.5 Å². The number of rotatable bonds is 5. The van der Waals surface area contributed by atoms with Crippen molar-refractivity contribution in [1.29, 1.82) is 0 Å². The van der Waals surface area contributed by atoms with Crippen LogP contribution in [0.25, 0.3) is 0 Å². The summed E-state index contributed by atoms with van der Waals surface area (Å²) in [5, 5.41) is 2.91. The number of anilines is 1. The zero-order valence-electron chi connectivity index (χ0n) is 15.0. The predicted octanol–water partition coefficient (Wildman–Crippen LogP) is 3.23. The minimum Gasteiger partial charge on any atom is -0.353 e. The minimum atomic E-state index is -0.383. The van der Waals surface area contributed by atoms with Crippen LogP contribution < -0.4 is 10.2 Å². The maximum atomic E-state index is 13.7. The molecule has 136 valence electrons. The van der Waals surface area contributed by atoms with Gasteiger partial charge in [0.2, 0.25) is 11.8 Å². The molecule has 1 aliphatic rings. The van der Waals surface area contributed by atoms with Gasteiger partial charge in [-0.15, -0.1) is 0 Å². The van der Waals surface area contributed by atoms with Gasteiger partial charge in [0.25, 0.3) is 0 Å². The molecule has 0 aliphatic carbocycles. The van der Waals surface area contributed by atoms with Crippen LogP contribution in [0.1, 0.15) is 24.5 Å². The summed E-state index contributed by atoms with van der Waals surface area (Å²) < 4.78 is 13.7. The van der Waals surface area contributed by atoms with E-state index >= 15 is 0 Å². The summed E-state index contributed by atoms with van der Waals surface area (Å²) >= 11 is 0. The van der Waals surface area contributed by atoms with E-state index in [9.17, 15) is 14.0 Å². The van der Waals surface area contributed by atoms with E-state index in [0.717, 1.165) is 11.3 Å². The van der Waals surface area contributed by atoms with Gasteiger partial charge in [0.1, 0.15) is 5.82 Å². The molecular formula is C21H23FN2O2. The Kier molecular flexibility index (Phi) is 5.35. The van der Waals surface area contributed by atoms with Crippen LogP contribution in [0, 0.1) is 18.7 Å². The van der Waals surface area contributed by atoms with Gasteiger partial charge < -0.3 is 10.2 Å². The summed E-state index contributed by atoms with van der Waals surface area (Å²) in [6.45, 7) is 4.21. The van der Waals surface area contributed by atoms with Crippen molar-refractivity contribution in [2.75, 3.05) is 11.4 Å². The van der Waals surface area contributed by atoms with Gasteiger partial charge in [-0.2, -0.15) is 0 Å². The number of benzene rings is 2. The molecule has 0 bridgehead atoms. The van der Waals surface area contributed by atoms with Crippen molar-refractivity contribution < 1.29 is 14.0 Å². The molecule has 0 aromatic heterocycles. The van der Waals surface area contributed by atoms with Crippen LogP contribution in [0.15, 0.2) is 48.5 Å². The molecule has 0 spiro atoms. The zero-order valence-corrected chi connectivity index (χ0v) is 15.0. The van der Waals surface area contributed by atoms with Crippen LogP contribution in [0.4, 0.5) is 10.1 Å². The summed E-state index contributed by atoms with van der Waals surface area (Å²) in [4.78, 5) is 26.5. The van der Waals surface area contributed by atoms with Crippen LogP contribution in [0.3, 0.4) is 0 Å². The predicted molar refractivity (Wildman–Crippen MR) is 99.3 cm³/mol. The molecular weight excluding hydrogens is 331 g/mol. The molecule has 0 saturated carbocycles. The Bertz CT molecular complexity index is 804. The van der Waals surface area contributed by atoms with E-state index in [1.54, 1.807) is 23.1 Å². The SMILES string of the molecule is Cc1ccc(N2CC(C(=O)NC(C)Cc3ccccc3F)CC2=O)cc1. The Morgan fingerprint density at radius 1 is 1.23 bits per heavy atom. The van der Waals surface area contributed by atoms with Gasteiger partial charge in [0, 0.05) is 24.7 Å². The van der Waals surface area contributed by atoms with E-state index < -0.39 is 0 Å². The number of amides is 2. The standard InChI is InChI=1S/C21H23FN2O2/c1-14-7-9-18(10-8-14)24-13-17(12-20(24)25)21(26)23-15(2)11-16-5-3-4-6-19(16)22/h3-10,15,17H,11-13H2,1-2H3,(H,23,26). The highest BCUT2D eigenvalue weighted by Gasteiger charge is 2.35. The van der Waals surface area contributed by atoms with Gasteiger partial charge in [-0.05, 0) is 44.0 Å². The van der Waals surface area contributed by atoms with E-state index in [-0.39, 0.29) is 36.0 Å². The molecule has 1 N–H and O–H groups in total. The normalized spacial score (nSPS) is 18.0. The third-order valence-corrected chi connectivity index (χ3v) is 4.71. The Morgan fingerprint density at radius 2 is 1.92 bits per heavy atom. The first kappa shape index (κ1) is 18.1. The van der Waals surface area contributed by atoms with Gasteiger partial charge in [0.15, 0.2) is 0 Å². The first-order valence-electron chi connectivity index (χ1n) is 8.85. The van der Waals surface area contributed by atoms with E-state index in [1.165, 1.54) is 6.07 Å². The third kappa shape index (κ3) is 4.10. The van der Waals surface area contributed by atoms with Crippen LogP contribution in [-0.4, -0.2) is 24.4 Å². The summed E-state index contributed by atoms with van der Waals surface area (Å²) in [7, 11) is 0. The average molecular weight is 354 g/mol. The lowest BCUT2D eigenvalue weighted by Gasteiger charge is -2.19. The second kappa shape index (κ2) is 7.68. The zero-order chi connectivity index (χ0) is 18.7. The third-order valence-electron chi connectivity index (χ3n) is 4.71. The summed E-state index contributed by atoms with van der Waals surface area (Å²) in [5.74, 6) is -0.852. The molecule has 2 unspecified atom stereocenters. The molecule has 26 heavy (non-hydrogen) atoms. The number of carbonyl (C=O) groups is 2. The second-order valence-corrected chi connectivity index (χ2v) is 6.95.